The summed E-state index contributed by atoms with van der Waals surface area (Å²) in [5, 5.41) is 3.69. The minimum Gasteiger partial charge on any atom is -0.375 e. The fourth-order valence-corrected chi connectivity index (χ4v) is 3.84. The molecule has 3 N–H and O–H groups in total. The number of amides is 1. The minimum absolute atomic E-state index is 0.0566. The molecule has 3 rings (SSSR count). The van der Waals surface area contributed by atoms with Gasteiger partial charge >= 0.3 is 0 Å². The Kier molecular flexibility index (Phi) is 5.67. The normalized spacial score (nSPS) is 16.1. The molecule has 1 saturated heterocycles. The van der Waals surface area contributed by atoms with Crippen LogP contribution in [0.3, 0.4) is 0 Å². The number of hydrogen-bond acceptors (Lipinski definition) is 6. The lowest BCUT2D eigenvalue weighted by Gasteiger charge is -2.34. The fourth-order valence-electron chi connectivity index (χ4n) is 3.12. The van der Waals surface area contributed by atoms with Gasteiger partial charge in [-0.25, -0.2) is 4.98 Å². The van der Waals surface area contributed by atoms with Gasteiger partial charge < -0.3 is 11.1 Å². The number of piperazine rings is 1. The Labute approximate surface area is 152 Å². The lowest BCUT2D eigenvalue weighted by atomic mass is 10.1. The van der Waals surface area contributed by atoms with Gasteiger partial charge in [-0.2, -0.15) is 0 Å². The minimum atomic E-state index is 0.0566. The maximum atomic E-state index is 12.4. The molecule has 1 aromatic carbocycles. The Morgan fingerprint density at radius 3 is 2.44 bits per heavy atom. The average molecular weight is 359 g/mol. The molecule has 1 aromatic heterocycles. The van der Waals surface area contributed by atoms with E-state index in [-0.39, 0.29) is 5.91 Å². The van der Waals surface area contributed by atoms with E-state index in [0.29, 0.717) is 11.7 Å². The van der Waals surface area contributed by atoms with Crippen LogP contribution in [0.1, 0.15) is 16.0 Å². The number of benzene rings is 1. The van der Waals surface area contributed by atoms with Crippen molar-refractivity contribution in [2.45, 2.75) is 20.4 Å². The molecule has 7 heteroatoms. The fraction of sp³-hybridized carbons (Fsp3) is 0.444. The van der Waals surface area contributed by atoms with Gasteiger partial charge in [-0.3, -0.25) is 14.6 Å². The Morgan fingerprint density at radius 1 is 1.20 bits per heavy atom. The summed E-state index contributed by atoms with van der Waals surface area (Å²) in [6.45, 7) is 9.07. The number of anilines is 2. The number of para-hydroxylation sites is 1. The maximum Gasteiger partial charge on any atom is 0.238 e. The van der Waals surface area contributed by atoms with E-state index in [1.54, 1.807) is 11.3 Å². The summed E-state index contributed by atoms with van der Waals surface area (Å²) in [6, 6.07) is 6.05. The molecule has 0 unspecified atom stereocenters. The van der Waals surface area contributed by atoms with Crippen LogP contribution in [-0.4, -0.2) is 53.4 Å². The molecule has 2 aromatic rings. The first kappa shape index (κ1) is 17.8. The van der Waals surface area contributed by atoms with Crippen LogP contribution < -0.4 is 11.1 Å². The standard InChI is InChI=1S/C18H25N5OS/c1-13-4-3-5-14(2)17(13)21-16(24)12-23-8-6-22(7-9-23)11-15-10-20-18(19)25-15/h3-5,10H,6-9,11-12H2,1-2H3,(H2,19,20)(H,21,24). The predicted molar refractivity (Wildman–Crippen MR) is 103 cm³/mol. The first-order chi connectivity index (χ1) is 12.0. The van der Waals surface area contributed by atoms with Crippen LogP contribution in [0.4, 0.5) is 10.8 Å². The van der Waals surface area contributed by atoms with E-state index in [2.05, 4.69) is 20.1 Å². The molecule has 134 valence electrons. The number of nitrogen functional groups attached to an aromatic ring is 1. The molecule has 0 saturated carbocycles. The van der Waals surface area contributed by atoms with Crippen LogP contribution in [0.25, 0.3) is 0 Å². The summed E-state index contributed by atoms with van der Waals surface area (Å²) >= 11 is 1.54. The van der Waals surface area contributed by atoms with Gasteiger partial charge in [-0.05, 0) is 25.0 Å². The van der Waals surface area contributed by atoms with Crippen LogP contribution >= 0.6 is 11.3 Å². The zero-order chi connectivity index (χ0) is 17.8. The van der Waals surface area contributed by atoms with E-state index in [9.17, 15) is 4.79 Å². The van der Waals surface area contributed by atoms with Crippen molar-refractivity contribution in [2.24, 2.45) is 0 Å². The van der Waals surface area contributed by atoms with Gasteiger partial charge in [0.25, 0.3) is 0 Å². The SMILES string of the molecule is Cc1cccc(C)c1NC(=O)CN1CCN(Cc2cnc(N)s2)CC1. The van der Waals surface area contributed by atoms with Crippen molar-refractivity contribution < 1.29 is 4.79 Å². The van der Waals surface area contributed by atoms with E-state index in [1.807, 2.05) is 38.2 Å². The van der Waals surface area contributed by atoms with E-state index in [0.717, 1.165) is 49.5 Å². The van der Waals surface area contributed by atoms with Gasteiger partial charge in [-0.15, -0.1) is 11.3 Å². The number of aryl methyl sites for hydroxylation is 2. The lowest BCUT2D eigenvalue weighted by Crippen LogP contribution is -2.48. The molecule has 1 aliphatic rings. The van der Waals surface area contributed by atoms with Crippen molar-refractivity contribution in [1.82, 2.24) is 14.8 Å². The van der Waals surface area contributed by atoms with Crippen molar-refractivity contribution in [3.8, 4) is 0 Å². The van der Waals surface area contributed by atoms with Gasteiger partial charge in [0.1, 0.15) is 0 Å². The number of nitrogens with one attached hydrogen (secondary N) is 1. The van der Waals surface area contributed by atoms with Gasteiger partial charge in [0, 0.05) is 49.5 Å². The second-order valence-corrected chi connectivity index (χ2v) is 7.68. The third-order valence-electron chi connectivity index (χ3n) is 4.53. The largest absolute Gasteiger partial charge is 0.375 e. The molecule has 1 fully saturated rings. The summed E-state index contributed by atoms with van der Waals surface area (Å²) in [6.07, 6.45) is 1.85. The third-order valence-corrected chi connectivity index (χ3v) is 5.34. The van der Waals surface area contributed by atoms with E-state index < -0.39 is 0 Å². The Hall–Kier alpha value is -1.96. The van der Waals surface area contributed by atoms with Crippen LogP contribution in [0.5, 0.6) is 0 Å². The smallest absolute Gasteiger partial charge is 0.238 e. The van der Waals surface area contributed by atoms with Gasteiger partial charge in [0.2, 0.25) is 5.91 Å². The molecule has 0 aliphatic carbocycles. The highest BCUT2D eigenvalue weighted by molar-refractivity contribution is 7.15. The highest BCUT2D eigenvalue weighted by Crippen LogP contribution is 2.20. The number of nitrogens with zero attached hydrogens (tertiary/aromatic N) is 3. The summed E-state index contributed by atoms with van der Waals surface area (Å²) in [7, 11) is 0. The Balaban J connectivity index is 1.46. The van der Waals surface area contributed by atoms with Crippen molar-refractivity contribution in [1.29, 1.82) is 0 Å². The molecule has 0 spiro atoms. The van der Waals surface area contributed by atoms with Crippen LogP contribution in [0.2, 0.25) is 0 Å². The molecule has 0 radical (unpaired) electrons. The van der Waals surface area contributed by atoms with E-state index in [4.69, 9.17) is 5.73 Å². The predicted octanol–water partition coefficient (Wildman–Crippen LogP) is 2.10. The Bertz CT molecular complexity index is 717. The maximum absolute atomic E-state index is 12.4. The van der Waals surface area contributed by atoms with Gasteiger partial charge in [-0.1, -0.05) is 18.2 Å². The second-order valence-electron chi connectivity index (χ2n) is 6.53. The quantitative estimate of drug-likeness (QED) is 0.855. The number of rotatable bonds is 5. The Morgan fingerprint density at radius 2 is 1.84 bits per heavy atom. The third kappa shape index (κ3) is 4.78. The highest BCUT2D eigenvalue weighted by atomic mass is 32.1. The first-order valence-electron chi connectivity index (χ1n) is 8.52. The van der Waals surface area contributed by atoms with Crippen molar-refractivity contribution in [2.75, 3.05) is 43.8 Å². The molecule has 0 bridgehead atoms. The molecule has 1 aliphatic heterocycles. The van der Waals surface area contributed by atoms with E-state index in [1.165, 1.54) is 4.88 Å². The number of aromatic nitrogens is 1. The number of carbonyl (C=O) groups excluding carboxylic acids is 1. The molecule has 6 nitrogen and oxygen atoms in total. The zero-order valence-corrected chi connectivity index (χ0v) is 15.6. The van der Waals surface area contributed by atoms with Crippen molar-refractivity contribution in [3.05, 3.63) is 40.4 Å². The molecular formula is C18H25N5OS. The molecule has 25 heavy (non-hydrogen) atoms. The number of carbonyl (C=O) groups is 1. The highest BCUT2D eigenvalue weighted by Gasteiger charge is 2.20. The van der Waals surface area contributed by atoms with Crippen LogP contribution in [-0.2, 0) is 11.3 Å². The van der Waals surface area contributed by atoms with Crippen LogP contribution in [0, 0.1) is 13.8 Å². The molecule has 2 heterocycles. The van der Waals surface area contributed by atoms with E-state index >= 15 is 0 Å². The first-order valence-corrected chi connectivity index (χ1v) is 9.34. The molecule has 1 amide bonds. The topological polar surface area (TPSA) is 74.5 Å². The monoisotopic (exact) mass is 359 g/mol. The van der Waals surface area contributed by atoms with Crippen molar-refractivity contribution in [3.63, 3.8) is 0 Å². The molecule has 0 atom stereocenters. The van der Waals surface area contributed by atoms with Crippen LogP contribution in [0.15, 0.2) is 24.4 Å². The average Bonchev–Trinajstić information content (AvgIpc) is 2.98. The van der Waals surface area contributed by atoms with Crippen molar-refractivity contribution >= 4 is 28.1 Å². The summed E-state index contributed by atoms with van der Waals surface area (Å²) in [5.41, 5.74) is 8.82. The molecular weight excluding hydrogens is 334 g/mol. The summed E-state index contributed by atoms with van der Waals surface area (Å²) in [4.78, 5) is 22.3. The number of thiazole rings is 1. The lowest BCUT2D eigenvalue weighted by molar-refractivity contribution is -0.117. The van der Waals surface area contributed by atoms with Gasteiger partial charge in [0.15, 0.2) is 5.13 Å². The zero-order valence-electron chi connectivity index (χ0n) is 14.8. The number of nitrogens with two attached hydrogens (primary N) is 1. The number of hydrogen-bond donors (Lipinski definition) is 2. The van der Waals surface area contributed by atoms with Gasteiger partial charge in [0.05, 0.1) is 6.54 Å². The summed E-state index contributed by atoms with van der Waals surface area (Å²) in [5.74, 6) is 0.0566. The summed E-state index contributed by atoms with van der Waals surface area (Å²) < 4.78 is 0. The second kappa shape index (κ2) is 7.95.